The van der Waals surface area contributed by atoms with Crippen LogP contribution in [0.25, 0.3) is 0 Å². The van der Waals surface area contributed by atoms with Crippen molar-refractivity contribution in [3.63, 3.8) is 0 Å². The molecule has 3 N–H and O–H groups in total. The van der Waals surface area contributed by atoms with Gasteiger partial charge in [0.15, 0.2) is 17.2 Å². The SMILES string of the molecule is COC(=O)c1c(OCc2cc(C(=O)NC3CC3)cc(F)c2F)nsc1N. The van der Waals surface area contributed by atoms with E-state index >= 15 is 0 Å². The zero-order valence-electron chi connectivity index (χ0n) is 13.7. The fourth-order valence-electron chi connectivity index (χ4n) is 2.20. The molecule has 1 heterocycles. The van der Waals surface area contributed by atoms with Crippen LogP contribution in [0.4, 0.5) is 13.8 Å². The smallest absolute Gasteiger partial charge is 0.346 e. The van der Waals surface area contributed by atoms with Crippen LogP contribution in [0.2, 0.25) is 0 Å². The topological polar surface area (TPSA) is 104 Å². The molecule has 0 atom stereocenters. The van der Waals surface area contributed by atoms with Gasteiger partial charge in [-0.3, -0.25) is 4.79 Å². The summed E-state index contributed by atoms with van der Waals surface area (Å²) in [5.74, 6) is -3.70. The first-order valence-corrected chi connectivity index (χ1v) is 8.43. The molecule has 1 aromatic heterocycles. The molecule has 0 radical (unpaired) electrons. The van der Waals surface area contributed by atoms with Crippen LogP contribution in [0.1, 0.15) is 39.1 Å². The van der Waals surface area contributed by atoms with Gasteiger partial charge >= 0.3 is 5.97 Å². The maximum atomic E-state index is 14.0. The van der Waals surface area contributed by atoms with Crippen molar-refractivity contribution in [3.8, 4) is 5.88 Å². The molecule has 0 aliphatic heterocycles. The second-order valence-corrected chi connectivity index (χ2v) is 6.49. The third-order valence-electron chi connectivity index (χ3n) is 3.72. The zero-order chi connectivity index (χ0) is 18.8. The number of carbonyl (C=O) groups is 2. The van der Waals surface area contributed by atoms with Gasteiger partial charge in [0.2, 0.25) is 5.88 Å². The quantitative estimate of drug-likeness (QED) is 0.742. The van der Waals surface area contributed by atoms with Crippen LogP contribution in [0, 0.1) is 11.6 Å². The Balaban J connectivity index is 1.80. The molecule has 1 amide bonds. The monoisotopic (exact) mass is 383 g/mol. The molecular weight excluding hydrogens is 368 g/mol. The minimum absolute atomic E-state index is 0.0135. The van der Waals surface area contributed by atoms with Crippen molar-refractivity contribution in [2.24, 2.45) is 0 Å². The lowest BCUT2D eigenvalue weighted by molar-refractivity contribution is 0.0596. The fourth-order valence-corrected chi connectivity index (χ4v) is 2.79. The molecule has 2 aromatic rings. The largest absolute Gasteiger partial charge is 0.471 e. The highest BCUT2D eigenvalue weighted by Crippen LogP contribution is 2.29. The third kappa shape index (κ3) is 3.74. The number of carbonyl (C=O) groups excluding carboxylic acids is 2. The Morgan fingerprint density at radius 1 is 1.38 bits per heavy atom. The Hall–Kier alpha value is -2.75. The molecule has 7 nitrogen and oxygen atoms in total. The molecule has 1 fully saturated rings. The van der Waals surface area contributed by atoms with Crippen molar-refractivity contribution in [2.45, 2.75) is 25.5 Å². The van der Waals surface area contributed by atoms with Crippen molar-refractivity contribution in [1.82, 2.24) is 9.69 Å². The van der Waals surface area contributed by atoms with Crippen molar-refractivity contribution in [1.29, 1.82) is 0 Å². The van der Waals surface area contributed by atoms with E-state index in [1.165, 1.54) is 13.2 Å². The summed E-state index contributed by atoms with van der Waals surface area (Å²) in [6.45, 7) is -0.444. The van der Waals surface area contributed by atoms with E-state index < -0.39 is 30.1 Å². The summed E-state index contributed by atoms with van der Waals surface area (Å²) < 4.78 is 41.6. The first-order chi connectivity index (χ1) is 12.4. The van der Waals surface area contributed by atoms with E-state index in [2.05, 4.69) is 14.4 Å². The standard InChI is InChI=1S/C16H15F2N3O4S/c1-24-16(23)11-13(19)26-21-15(11)25-6-8-4-7(5-10(17)12(8)18)14(22)20-9-2-3-9/h4-5,9H,2-3,6,19H2,1H3,(H,20,22). The van der Waals surface area contributed by atoms with Gasteiger partial charge in [-0.1, -0.05) is 0 Å². The van der Waals surface area contributed by atoms with Gasteiger partial charge in [-0.25, -0.2) is 13.6 Å². The number of anilines is 1. The average Bonchev–Trinajstić information content (AvgIpc) is 3.35. The molecule has 26 heavy (non-hydrogen) atoms. The molecule has 0 spiro atoms. The van der Waals surface area contributed by atoms with E-state index in [9.17, 15) is 18.4 Å². The number of hydrogen-bond donors (Lipinski definition) is 2. The summed E-state index contributed by atoms with van der Waals surface area (Å²) in [5, 5.41) is 2.78. The van der Waals surface area contributed by atoms with Crippen LogP contribution in [0.15, 0.2) is 12.1 Å². The van der Waals surface area contributed by atoms with Gasteiger partial charge in [-0.15, -0.1) is 0 Å². The number of nitrogens with two attached hydrogens (primary N) is 1. The van der Waals surface area contributed by atoms with Crippen LogP contribution in [0.5, 0.6) is 5.88 Å². The first-order valence-electron chi connectivity index (χ1n) is 7.65. The maximum Gasteiger partial charge on any atom is 0.346 e. The lowest BCUT2D eigenvalue weighted by Gasteiger charge is -2.10. The molecular formula is C16H15F2N3O4S. The van der Waals surface area contributed by atoms with Gasteiger partial charge in [-0.2, -0.15) is 4.37 Å². The normalized spacial score (nSPS) is 13.3. The lowest BCUT2D eigenvalue weighted by atomic mass is 10.1. The number of rotatable bonds is 6. The van der Waals surface area contributed by atoms with E-state index in [0.29, 0.717) is 0 Å². The highest BCUT2D eigenvalue weighted by molar-refractivity contribution is 7.10. The summed E-state index contributed by atoms with van der Waals surface area (Å²) in [4.78, 5) is 23.7. The fraction of sp³-hybridized carbons (Fsp3) is 0.312. The highest BCUT2D eigenvalue weighted by atomic mass is 32.1. The van der Waals surface area contributed by atoms with Crippen molar-refractivity contribution in [2.75, 3.05) is 12.8 Å². The summed E-state index contributed by atoms with van der Waals surface area (Å²) in [5.41, 5.74) is 5.36. The second kappa shape index (κ2) is 7.24. The van der Waals surface area contributed by atoms with Gasteiger partial charge < -0.3 is 20.5 Å². The minimum atomic E-state index is -1.17. The van der Waals surface area contributed by atoms with Gasteiger partial charge in [0.25, 0.3) is 5.91 Å². The summed E-state index contributed by atoms with van der Waals surface area (Å²) in [7, 11) is 1.17. The maximum absolute atomic E-state index is 14.0. The third-order valence-corrected chi connectivity index (χ3v) is 4.38. The van der Waals surface area contributed by atoms with Crippen molar-refractivity contribution >= 4 is 28.4 Å². The number of aromatic nitrogens is 1. The van der Waals surface area contributed by atoms with Gasteiger partial charge in [0.05, 0.1) is 7.11 Å². The number of ether oxygens (including phenoxy) is 2. The Labute approximate surface area is 151 Å². The van der Waals surface area contributed by atoms with E-state index in [4.69, 9.17) is 10.5 Å². The zero-order valence-corrected chi connectivity index (χ0v) is 14.5. The molecule has 138 valence electrons. The predicted octanol–water partition coefficient (Wildman–Crippen LogP) is 2.26. The number of esters is 1. The number of amides is 1. The van der Waals surface area contributed by atoms with Gasteiger partial charge in [-0.05, 0) is 36.5 Å². The van der Waals surface area contributed by atoms with Gasteiger partial charge in [0.1, 0.15) is 11.6 Å². The summed E-state index contributed by atoms with van der Waals surface area (Å²) >= 11 is 0.809. The number of halogens is 2. The van der Waals surface area contributed by atoms with Gasteiger partial charge in [0, 0.05) is 17.2 Å². The average molecular weight is 383 g/mol. The van der Waals surface area contributed by atoms with Crippen LogP contribution in [0.3, 0.4) is 0 Å². The molecule has 1 aromatic carbocycles. The molecule has 10 heteroatoms. The second-order valence-electron chi connectivity index (χ2n) is 5.69. The number of nitrogens with one attached hydrogen (secondary N) is 1. The Kier molecular flexibility index (Phi) is 5.03. The Bertz CT molecular complexity index is 867. The molecule has 3 rings (SSSR count). The number of nitrogens with zero attached hydrogens (tertiary/aromatic N) is 1. The van der Waals surface area contributed by atoms with Crippen LogP contribution in [-0.2, 0) is 11.3 Å². The number of benzene rings is 1. The summed E-state index contributed by atoms with van der Waals surface area (Å²) in [6, 6.07) is 2.11. The number of methoxy groups -OCH3 is 1. The molecule has 0 unspecified atom stereocenters. The molecule has 1 aliphatic rings. The van der Waals surface area contributed by atoms with E-state index in [1.54, 1.807) is 0 Å². The van der Waals surface area contributed by atoms with Crippen molar-refractivity contribution in [3.05, 3.63) is 40.5 Å². The van der Waals surface area contributed by atoms with E-state index in [1.807, 2.05) is 0 Å². The lowest BCUT2D eigenvalue weighted by Crippen LogP contribution is -2.25. The first kappa shape index (κ1) is 18.1. The molecule has 0 saturated heterocycles. The minimum Gasteiger partial charge on any atom is -0.471 e. The Morgan fingerprint density at radius 3 is 2.77 bits per heavy atom. The highest BCUT2D eigenvalue weighted by Gasteiger charge is 2.26. The van der Waals surface area contributed by atoms with Crippen molar-refractivity contribution < 1.29 is 27.8 Å². The molecule has 0 bridgehead atoms. The van der Waals surface area contributed by atoms with Crippen LogP contribution < -0.4 is 15.8 Å². The Morgan fingerprint density at radius 2 is 2.12 bits per heavy atom. The van der Waals surface area contributed by atoms with Crippen LogP contribution in [-0.4, -0.2) is 29.4 Å². The number of nitrogen functional groups attached to an aromatic ring is 1. The van der Waals surface area contributed by atoms with E-state index in [-0.39, 0.29) is 33.6 Å². The molecule has 1 aliphatic carbocycles. The van der Waals surface area contributed by atoms with Crippen LogP contribution >= 0.6 is 11.5 Å². The number of hydrogen-bond acceptors (Lipinski definition) is 7. The van der Waals surface area contributed by atoms with E-state index in [0.717, 1.165) is 30.4 Å². The summed E-state index contributed by atoms with van der Waals surface area (Å²) in [6.07, 6.45) is 1.74. The molecule has 1 saturated carbocycles. The predicted molar refractivity (Wildman–Crippen MR) is 89.0 cm³/mol.